The van der Waals surface area contributed by atoms with Crippen LogP contribution in [0.15, 0.2) is 29.3 Å². The third kappa shape index (κ3) is 6.00. The highest BCUT2D eigenvalue weighted by molar-refractivity contribution is 5.80. The van der Waals surface area contributed by atoms with Gasteiger partial charge in [0.25, 0.3) is 0 Å². The van der Waals surface area contributed by atoms with Crippen molar-refractivity contribution in [2.75, 3.05) is 46.4 Å². The number of aliphatic imine (C=N–C) groups is 1. The number of hydrogen-bond donors (Lipinski definition) is 1. The molecule has 2 heterocycles. The van der Waals surface area contributed by atoms with E-state index in [0.717, 1.165) is 12.1 Å². The predicted molar refractivity (Wildman–Crippen MR) is 99.1 cm³/mol. The van der Waals surface area contributed by atoms with Gasteiger partial charge in [0.05, 0.1) is 25.3 Å². The van der Waals surface area contributed by atoms with E-state index in [-0.39, 0.29) is 12.6 Å². The van der Waals surface area contributed by atoms with Crippen molar-refractivity contribution in [3.05, 3.63) is 35.4 Å². The van der Waals surface area contributed by atoms with Crippen molar-refractivity contribution >= 4 is 5.96 Å². The van der Waals surface area contributed by atoms with E-state index in [4.69, 9.17) is 4.74 Å². The van der Waals surface area contributed by atoms with Gasteiger partial charge in [-0.2, -0.15) is 26.3 Å². The Hall–Kier alpha value is -2.01. The summed E-state index contributed by atoms with van der Waals surface area (Å²) in [6.45, 7) is 0.712. The Balaban J connectivity index is 1.62. The quantitative estimate of drug-likeness (QED) is 0.447. The lowest BCUT2D eigenvalue weighted by Gasteiger charge is -2.36. The fourth-order valence-corrected chi connectivity index (χ4v) is 3.79. The summed E-state index contributed by atoms with van der Waals surface area (Å²) in [6.07, 6.45) is -8.69. The minimum Gasteiger partial charge on any atom is -0.370 e. The van der Waals surface area contributed by atoms with Crippen LogP contribution in [0, 0.1) is 0 Å². The molecule has 0 radical (unpaired) electrons. The highest BCUT2D eigenvalue weighted by Gasteiger charge is 2.35. The number of ether oxygens (including phenoxy) is 1. The zero-order valence-electron chi connectivity index (χ0n) is 16.4. The van der Waals surface area contributed by atoms with Crippen molar-refractivity contribution < 1.29 is 31.1 Å². The number of alkyl halides is 6. The van der Waals surface area contributed by atoms with Gasteiger partial charge < -0.3 is 15.0 Å². The Morgan fingerprint density at radius 1 is 1.17 bits per heavy atom. The normalized spacial score (nSPS) is 24.4. The van der Waals surface area contributed by atoms with Crippen molar-refractivity contribution in [2.45, 2.75) is 30.9 Å². The largest absolute Gasteiger partial charge is 0.416 e. The summed E-state index contributed by atoms with van der Waals surface area (Å²) in [5, 5.41) is 3.19. The maximum Gasteiger partial charge on any atom is 0.416 e. The van der Waals surface area contributed by atoms with Gasteiger partial charge in [-0.25, -0.2) is 0 Å². The summed E-state index contributed by atoms with van der Waals surface area (Å²) in [5.41, 5.74) is -0.318. The molecule has 2 unspecified atom stereocenters. The van der Waals surface area contributed by atoms with Gasteiger partial charge in [0.15, 0.2) is 5.96 Å². The SMILES string of the molecule is CN=C(NC1CCN(CC(F)(F)F)C1)N1CCOC(c2cccc(C(F)(F)F)c2)C1. The molecule has 3 rings (SSSR count). The monoisotopic (exact) mass is 438 g/mol. The number of nitrogens with one attached hydrogen (secondary N) is 1. The smallest absolute Gasteiger partial charge is 0.370 e. The standard InChI is InChI=1S/C19H24F6N4O/c1-26-17(27-15-5-6-28(10-15)12-18(20,21)22)29-7-8-30-16(11-29)13-3-2-4-14(9-13)19(23,24)25/h2-4,9,15-16H,5-8,10-12H2,1H3,(H,26,27). The fourth-order valence-electron chi connectivity index (χ4n) is 3.79. The molecule has 30 heavy (non-hydrogen) atoms. The molecule has 0 saturated carbocycles. The fraction of sp³-hybridized carbons (Fsp3) is 0.632. The van der Waals surface area contributed by atoms with Gasteiger partial charge >= 0.3 is 12.4 Å². The van der Waals surface area contributed by atoms with E-state index in [9.17, 15) is 26.3 Å². The third-order valence-corrected chi connectivity index (χ3v) is 5.17. The van der Waals surface area contributed by atoms with Gasteiger partial charge in [-0.1, -0.05) is 12.1 Å². The summed E-state index contributed by atoms with van der Waals surface area (Å²) >= 11 is 0. The van der Waals surface area contributed by atoms with Crippen LogP contribution in [0.5, 0.6) is 0 Å². The highest BCUT2D eigenvalue weighted by atomic mass is 19.4. The van der Waals surface area contributed by atoms with E-state index in [2.05, 4.69) is 10.3 Å². The molecule has 0 spiro atoms. The van der Waals surface area contributed by atoms with Crippen LogP contribution in [-0.4, -0.2) is 74.4 Å². The number of morpholine rings is 1. The lowest BCUT2D eigenvalue weighted by atomic mass is 10.0. The van der Waals surface area contributed by atoms with Crippen LogP contribution in [0.2, 0.25) is 0 Å². The Morgan fingerprint density at radius 3 is 2.60 bits per heavy atom. The average Bonchev–Trinajstić information content (AvgIpc) is 3.10. The minimum absolute atomic E-state index is 0.180. The molecule has 2 atom stereocenters. The van der Waals surface area contributed by atoms with Gasteiger partial charge in [-0.05, 0) is 24.1 Å². The van der Waals surface area contributed by atoms with Crippen molar-refractivity contribution in [2.24, 2.45) is 4.99 Å². The number of likely N-dealkylation sites (tertiary alicyclic amines) is 1. The van der Waals surface area contributed by atoms with E-state index >= 15 is 0 Å². The summed E-state index contributed by atoms with van der Waals surface area (Å²) in [6, 6.07) is 4.85. The van der Waals surface area contributed by atoms with E-state index in [1.807, 2.05) is 4.90 Å². The second kappa shape index (κ2) is 9.01. The molecule has 2 aliphatic heterocycles. The average molecular weight is 438 g/mol. The molecule has 168 valence electrons. The van der Waals surface area contributed by atoms with Crippen LogP contribution in [0.1, 0.15) is 23.7 Å². The van der Waals surface area contributed by atoms with Crippen molar-refractivity contribution in [3.63, 3.8) is 0 Å². The molecule has 0 aromatic heterocycles. The van der Waals surface area contributed by atoms with Crippen molar-refractivity contribution in [1.82, 2.24) is 15.1 Å². The molecular formula is C19H24F6N4O. The number of rotatable bonds is 3. The molecule has 1 aromatic rings. The topological polar surface area (TPSA) is 40.1 Å². The molecule has 1 aromatic carbocycles. The number of guanidine groups is 1. The second-order valence-corrected chi connectivity index (χ2v) is 7.46. The predicted octanol–water partition coefficient (Wildman–Crippen LogP) is 3.29. The molecule has 0 aliphatic carbocycles. The first-order chi connectivity index (χ1) is 14.0. The van der Waals surface area contributed by atoms with Gasteiger partial charge in [-0.3, -0.25) is 9.89 Å². The number of benzene rings is 1. The molecule has 11 heteroatoms. The number of hydrogen-bond acceptors (Lipinski definition) is 3. The first-order valence-electron chi connectivity index (χ1n) is 9.61. The first kappa shape index (κ1) is 22.7. The molecule has 0 amide bonds. The number of nitrogens with zero attached hydrogens (tertiary/aromatic N) is 3. The van der Waals surface area contributed by atoms with Crippen LogP contribution < -0.4 is 5.32 Å². The van der Waals surface area contributed by atoms with E-state index in [1.165, 1.54) is 11.0 Å². The summed E-state index contributed by atoms with van der Waals surface area (Å²) < 4.78 is 82.4. The van der Waals surface area contributed by atoms with Crippen LogP contribution in [-0.2, 0) is 10.9 Å². The van der Waals surface area contributed by atoms with Crippen LogP contribution in [0.4, 0.5) is 26.3 Å². The highest BCUT2D eigenvalue weighted by Crippen LogP contribution is 2.32. The van der Waals surface area contributed by atoms with Gasteiger partial charge in [0.1, 0.15) is 6.10 Å². The maximum absolute atomic E-state index is 13.0. The van der Waals surface area contributed by atoms with Crippen LogP contribution in [0.3, 0.4) is 0 Å². The molecular weight excluding hydrogens is 414 g/mol. The van der Waals surface area contributed by atoms with Crippen molar-refractivity contribution in [3.8, 4) is 0 Å². The summed E-state index contributed by atoms with van der Waals surface area (Å²) in [5.74, 6) is 0.508. The van der Waals surface area contributed by atoms with E-state index < -0.39 is 30.6 Å². The van der Waals surface area contributed by atoms with E-state index in [1.54, 1.807) is 13.1 Å². The molecule has 2 saturated heterocycles. The lowest BCUT2D eigenvalue weighted by Crippen LogP contribution is -2.51. The van der Waals surface area contributed by atoms with Crippen LogP contribution >= 0.6 is 0 Å². The molecule has 1 N–H and O–H groups in total. The Labute approximate surface area is 170 Å². The molecule has 2 aliphatic rings. The molecule has 5 nitrogen and oxygen atoms in total. The second-order valence-electron chi connectivity index (χ2n) is 7.46. The van der Waals surface area contributed by atoms with E-state index in [0.29, 0.717) is 44.2 Å². The molecule has 2 fully saturated rings. The third-order valence-electron chi connectivity index (χ3n) is 5.17. The van der Waals surface area contributed by atoms with Crippen LogP contribution in [0.25, 0.3) is 0 Å². The summed E-state index contributed by atoms with van der Waals surface area (Å²) in [4.78, 5) is 7.42. The Bertz CT molecular complexity index is 751. The Morgan fingerprint density at radius 2 is 1.93 bits per heavy atom. The number of halogens is 6. The summed E-state index contributed by atoms with van der Waals surface area (Å²) in [7, 11) is 1.57. The van der Waals surface area contributed by atoms with Gasteiger partial charge in [0, 0.05) is 32.7 Å². The zero-order valence-corrected chi connectivity index (χ0v) is 16.4. The van der Waals surface area contributed by atoms with Gasteiger partial charge in [-0.15, -0.1) is 0 Å². The minimum atomic E-state index is -4.44. The lowest BCUT2D eigenvalue weighted by molar-refractivity contribution is -0.143. The first-order valence-corrected chi connectivity index (χ1v) is 9.61. The van der Waals surface area contributed by atoms with Crippen molar-refractivity contribution in [1.29, 1.82) is 0 Å². The maximum atomic E-state index is 13.0. The van der Waals surface area contributed by atoms with Gasteiger partial charge in [0.2, 0.25) is 0 Å². The Kier molecular flexibility index (Phi) is 6.81. The molecule has 0 bridgehead atoms. The zero-order chi connectivity index (χ0) is 21.9.